The Labute approximate surface area is 117 Å². The summed E-state index contributed by atoms with van der Waals surface area (Å²) < 4.78 is 14.0. The Morgan fingerprint density at radius 1 is 1.35 bits per heavy atom. The summed E-state index contributed by atoms with van der Waals surface area (Å²) in [5.41, 5.74) is 2.80. The average molecular weight is 288 g/mol. The molecule has 0 amide bonds. The van der Waals surface area contributed by atoms with Crippen LogP contribution in [0.2, 0.25) is 0 Å². The van der Waals surface area contributed by atoms with Crippen LogP contribution in [0.5, 0.6) is 0 Å². The number of benzene rings is 1. The molecule has 0 bridgehead atoms. The molecule has 2 aromatic heterocycles. The Morgan fingerprint density at radius 2 is 2.15 bits per heavy atom. The van der Waals surface area contributed by atoms with E-state index in [4.69, 9.17) is 0 Å². The van der Waals surface area contributed by atoms with E-state index in [1.54, 1.807) is 24.7 Å². The van der Waals surface area contributed by atoms with Crippen molar-refractivity contribution < 1.29 is 14.3 Å². The van der Waals surface area contributed by atoms with Crippen LogP contribution in [-0.4, -0.2) is 21.0 Å². The highest BCUT2D eigenvalue weighted by molar-refractivity contribution is 7.13. The smallest absolute Gasteiger partial charge is 0.336 e. The number of thiazole rings is 1. The molecule has 0 saturated carbocycles. The third-order valence-electron chi connectivity index (χ3n) is 2.93. The standard InChI is InChI=1S/C14H9FN2O2S/c1-7-2-8-9(14(18)19)4-11(12-5-16-6-20-12)17-13(8)10(15)3-7/h2-6H,1H3,(H,18,19). The topological polar surface area (TPSA) is 63.1 Å². The number of carbonyl (C=O) groups is 1. The number of carboxylic acid groups (broad SMARTS) is 1. The van der Waals surface area contributed by atoms with E-state index >= 15 is 0 Å². The van der Waals surface area contributed by atoms with Gasteiger partial charge in [0, 0.05) is 11.6 Å². The molecule has 0 aliphatic heterocycles. The molecule has 3 rings (SSSR count). The van der Waals surface area contributed by atoms with Crippen LogP contribution >= 0.6 is 11.3 Å². The molecular weight excluding hydrogens is 279 g/mol. The third-order valence-corrected chi connectivity index (χ3v) is 3.72. The summed E-state index contributed by atoms with van der Waals surface area (Å²) in [6.45, 7) is 1.71. The molecule has 4 nitrogen and oxygen atoms in total. The third kappa shape index (κ3) is 2.04. The van der Waals surface area contributed by atoms with Crippen LogP contribution in [-0.2, 0) is 0 Å². The fourth-order valence-corrected chi connectivity index (χ4v) is 2.65. The molecule has 0 spiro atoms. The summed E-state index contributed by atoms with van der Waals surface area (Å²) in [5, 5.41) is 9.63. The highest BCUT2D eigenvalue weighted by atomic mass is 32.1. The molecule has 0 unspecified atom stereocenters. The van der Waals surface area contributed by atoms with Crippen LogP contribution < -0.4 is 0 Å². The van der Waals surface area contributed by atoms with Crippen LogP contribution in [0.15, 0.2) is 29.9 Å². The fraction of sp³-hybridized carbons (Fsp3) is 0.0714. The van der Waals surface area contributed by atoms with Crippen molar-refractivity contribution in [3.63, 3.8) is 0 Å². The van der Waals surface area contributed by atoms with E-state index < -0.39 is 11.8 Å². The molecule has 100 valence electrons. The van der Waals surface area contributed by atoms with Gasteiger partial charge in [0.25, 0.3) is 0 Å². The minimum absolute atomic E-state index is 0.0426. The van der Waals surface area contributed by atoms with E-state index in [2.05, 4.69) is 9.97 Å². The average Bonchev–Trinajstić information content (AvgIpc) is 2.91. The second kappa shape index (κ2) is 4.64. The van der Waals surface area contributed by atoms with E-state index in [0.717, 1.165) is 0 Å². The number of carboxylic acids is 1. The molecule has 0 atom stereocenters. The Balaban J connectivity index is 2.40. The van der Waals surface area contributed by atoms with E-state index in [-0.39, 0.29) is 11.1 Å². The highest BCUT2D eigenvalue weighted by Crippen LogP contribution is 2.29. The zero-order valence-electron chi connectivity index (χ0n) is 10.4. The van der Waals surface area contributed by atoms with Crippen molar-refractivity contribution in [2.45, 2.75) is 6.92 Å². The number of fused-ring (bicyclic) bond motifs is 1. The molecule has 0 aliphatic carbocycles. The van der Waals surface area contributed by atoms with Crippen LogP contribution in [0.1, 0.15) is 15.9 Å². The maximum atomic E-state index is 14.0. The van der Waals surface area contributed by atoms with E-state index in [9.17, 15) is 14.3 Å². The van der Waals surface area contributed by atoms with Crippen LogP contribution in [0.3, 0.4) is 0 Å². The highest BCUT2D eigenvalue weighted by Gasteiger charge is 2.16. The Morgan fingerprint density at radius 3 is 2.80 bits per heavy atom. The van der Waals surface area contributed by atoms with Gasteiger partial charge in [0.15, 0.2) is 0 Å². The lowest BCUT2D eigenvalue weighted by atomic mass is 10.0. The van der Waals surface area contributed by atoms with Gasteiger partial charge in [-0.2, -0.15) is 0 Å². The van der Waals surface area contributed by atoms with Gasteiger partial charge in [0.05, 0.1) is 21.6 Å². The summed E-state index contributed by atoms with van der Waals surface area (Å²) >= 11 is 1.33. The van der Waals surface area contributed by atoms with Gasteiger partial charge in [0.1, 0.15) is 11.3 Å². The maximum absolute atomic E-state index is 14.0. The quantitative estimate of drug-likeness (QED) is 0.784. The van der Waals surface area contributed by atoms with Crippen molar-refractivity contribution in [1.29, 1.82) is 0 Å². The first-order valence-electron chi connectivity index (χ1n) is 5.79. The molecule has 20 heavy (non-hydrogen) atoms. The Hall–Kier alpha value is -2.34. The van der Waals surface area contributed by atoms with Crippen LogP contribution in [0.4, 0.5) is 4.39 Å². The largest absolute Gasteiger partial charge is 0.478 e. The first-order chi connectivity index (χ1) is 9.56. The van der Waals surface area contributed by atoms with Crippen molar-refractivity contribution in [2.24, 2.45) is 0 Å². The van der Waals surface area contributed by atoms with E-state index in [1.807, 2.05) is 0 Å². The van der Waals surface area contributed by atoms with Gasteiger partial charge in [-0.1, -0.05) is 0 Å². The van der Waals surface area contributed by atoms with Gasteiger partial charge in [-0.05, 0) is 30.7 Å². The zero-order chi connectivity index (χ0) is 14.3. The summed E-state index contributed by atoms with van der Waals surface area (Å²) in [6.07, 6.45) is 1.58. The molecule has 0 fully saturated rings. The number of aromatic nitrogens is 2. The number of nitrogens with zero attached hydrogens (tertiary/aromatic N) is 2. The molecule has 3 aromatic rings. The maximum Gasteiger partial charge on any atom is 0.336 e. The second-order valence-corrected chi connectivity index (χ2v) is 5.26. The normalized spacial score (nSPS) is 10.9. The summed E-state index contributed by atoms with van der Waals surface area (Å²) in [5.74, 6) is -1.62. The molecule has 0 aliphatic rings. The number of pyridine rings is 1. The lowest BCUT2D eigenvalue weighted by molar-refractivity contribution is 0.0699. The number of hydrogen-bond acceptors (Lipinski definition) is 4. The van der Waals surface area contributed by atoms with Gasteiger partial charge in [-0.25, -0.2) is 14.2 Å². The van der Waals surface area contributed by atoms with Crippen molar-refractivity contribution >= 4 is 28.2 Å². The molecular formula is C14H9FN2O2S. The Kier molecular flexibility index (Phi) is 2.94. The number of halogens is 1. The summed E-state index contributed by atoms with van der Waals surface area (Å²) in [6, 6.07) is 4.43. The molecule has 0 radical (unpaired) electrons. The van der Waals surface area contributed by atoms with Gasteiger partial charge in [-0.15, -0.1) is 11.3 Å². The molecule has 1 aromatic carbocycles. The molecule has 0 saturated heterocycles. The Bertz CT molecular complexity index is 816. The lowest BCUT2D eigenvalue weighted by Crippen LogP contribution is -2.01. The van der Waals surface area contributed by atoms with E-state index in [0.29, 0.717) is 21.5 Å². The second-order valence-electron chi connectivity index (χ2n) is 4.37. The minimum atomic E-state index is -1.10. The van der Waals surface area contributed by atoms with Gasteiger partial charge >= 0.3 is 5.97 Å². The zero-order valence-corrected chi connectivity index (χ0v) is 11.2. The van der Waals surface area contributed by atoms with Gasteiger partial charge < -0.3 is 5.11 Å². The predicted octanol–water partition coefficient (Wildman–Crippen LogP) is 3.50. The number of aryl methyl sites for hydroxylation is 1. The molecule has 2 heterocycles. The minimum Gasteiger partial charge on any atom is -0.478 e. The van der Waals surface area contributed by atoms with Crippen LogP contribution in [0.25, 0.3) is 21.5 Å². The van der Waals surface area contributed by atoms with Crippen molar-refractivity contribution in [3.05, 3.63) is 46.9 Å². The molecule has 1 N–H and O–H groups in total. The summed E-state index contributed by atoms with van der Waals surface area (Å²) in [7, 11) is 0. The predicted molar refractivity (Wildman–Crippen MR) is 74.5 cm³/mol. The van der Waals surface area contributed by atoms with Crippen molar-refractivity contribution in [2.75, 3.05) is 0 Å². The van der Waals surface area contributed by atoms with Gasteiger partial charge in [0.2, 0.25) is 0 Å². The summed E-state index contributed by atoms with van der Waals surface area (Å²) in [4.78, 5) is 20.3. The van der Waals surface area contributed by atoms with Crippen LogP contribution in [0, 0.1) is 12.7 Å². The van der Waals surface area contributed by atoms with E-state index in [1.165, 1.54) is 23.5 Å². The van der Waals surface area contributed by atoms with Crippen molar-refractivity contribution in [1.82, 2.24) is 9.97 Å². The van der Waals surface area contributed by atoms with Gasteiger partial charge in [-0.3, -0.25) is 4.98 Å². The monoisotopic (exact) mass is 288 g/mol. The van der Waals surface area contributed by atoms with Crippen molar-refractivity contribution in [3.8, 4) is 10.6 Å². The first-order valence-corrected chi connectivity index (χ1v) is 6.67. The lowest BCUT2D eigenvalue weighted by Gasteiger charge is -2.07. The number of aromatic carboxylic acids is 1. The molecule has 6 heteroatoms. The SMILES string of the molecule is Cc1cc(F)c2nc(-c3cncs3)cc(C(=O)O)c2c1. The first kappa shape index (κ1) is 12.7. The number of hydrogen-bond donors (Lipinski definition) is 1. The number of rotatable bonds is 2. The fourth-order valence-electron chi connectivity index (χ4n) is 2.07.